The second-order valence-electron chi connectivity index (χ2n) is 5.30. The molecule has 0 spiro atoms. The number of rotatable bonds is 3. The Morgan fingerprint density at radius 1 is 1.47 bits per heavy atom. The van der Waals surface area contributed by atoms with E-state index in [1.165, 1.54) is 25.1 Å². The number of pyridine rings is 1. The molecule has 6 heteroatoms. The van der Waals surface area contributed by atoms with Crippen LogP contribution in [-0.4, -0.2) is 15.9 Å². The molecular weight excluding hydrogens is 310 g/mol. The molecule has 3 unspecified atom stereocenters. The summed E-state index contributed by atoms with van der Waals surface area (Å²) in [5.74, 6) is 1.97. The van der Waals surface area contributed by atoms with E-state index in [4.69, 9.17) is 0 Å². The van der Waals surface area contributed by atoms with Gasteiger partial charge in [-0.3, -0.25) is 10.1 Å². The number of aromatic nitrogens is 1. The topological polar surface area (TPSA) is 68.1 Å². The molecule has 0 bridgehead atoms. The van der Waals surface area contributed by atoms with E-state index >= 15 is 0 Å². The molecule has 2 rings (SSSR count). The summed E-state index contributed by atoms with van der Waals surface area (Å²) < 4.78 is 0.645. The van der Waals surface area contributed by atoms with Crippen LogP contribution in [0.15, 0.2) is 16.7 Å². The Hall–Kier alpha value is -1.17. The van der Waals surface area contributed by atoms with Crippen molar-refractivity contribution < 1.29 is 4.92 Å². The summed E-state index contributed by atoms with van der Waals surface area (Å²) in [6.45, 7) is 4.53. The van der Waals surface area contributed by atoms with Crippen molar-refractivity contribution in [1.82, 2.24) is 4.98 Å². The third-order valence-electron chi connectivity index (χ3n) is 4.07. The maximum absolute atomic E-state index is 10.7. The minimum Gasteiger partial charge on any atom is -0.366 e. The summed E-state index contributed by atoms with van der Waals surface area (Å²) in [6.07, 6.45) is 4.91. The largest absolute Gasteiger partial charge is 0.366 e. The Labute approximate surface area is 121 Å². The van der Waals surface area contributed by atoms with Gasteiger partial charge in [0, 0.05) is 12.1 Å². The summed E-state index contributed by atoms with van der Waals surface area (Å²) in [5, 5.41) is 14.1. The van der Waals surface area contributed by atoms with Crippen molar-refractivity contribution in [3.05, 3.63) is 26.9 Å². The van der Waals surface area contributed by atoms with Crippen LogP contribution in [-0.2, 0) is 0 Å². The second-order valence-corrected chi connectivity index (χ2v) is 6.15. The van der Waals surface area contributed by atoms with Crippen LogP contribution >= 0.6 is 15.9 Å². The lowest BCUT2D eigenvalue weighted by Gasteiger charge is -2.35. The van der Waals surface area contributed by atoms with Gasteiger partial charge in [-0.15, -0.1) is 0 Å². The van der Waals surface area contributed by atoms with Crippen LogP contribution in [0.5, 0.6) is 0 Å². The quantitative estimate of drug-likeness (QED) is 0.673. The molecule has 19 heavy (non-hydrogen) atoms. The minimum absolute atomic E-state index is 0.00230. The van der Waals surface area contributed by atoms with Gasteiger partial charge in [-0.2, -0.15) is 0 Å². The summed E-state index contributed by atoms with van der Waals surface area (Å²) in [4.78, 5) is 14.4. The maximum Gasteiger partial charge on any atom is 0.288 e. The molecule has 0 amide bonds. The fourth-order valence-electron chi connectivity index (χ4n) is 2.60. The van der Waals surface area contributed by atoms with Gasteiger partial charge in [0.2, 0.25) is 0 Å². The third-order valence-corrected chi connectivity index (χ3v) is 4.67. The molecule has 0 saturated heterocycles. The summed E-state index contributed by atoms with van der Waals surface area (Å²) in [7, 11) is 0. The molecule has 0 aliphatic heterocycles. The van der Waals surface area contributed by atoms with Crippen molar-refractivity contribution >= 4 is 27.4 Å². The standard InChI is InChI=1S/C13H18BrN3O2/c1-8-4-3-5-12(9(8)2)16-13-11(14)6-10(7-15-13)17(18)19/h6-9,12H,3-5H2,1-2H3,(H,15,16). The van der Waals surface area contributed by atoms with Crippen LogP contribution in [0.3, 0.4) is 0 Å². The van der Waals surface area contributed by atoms with Crippen molar-refractivity contribution in [2.24, 2.45) is 11.8 Å². The lowest BCUT2D eigenvalue weighted by Crippen LogP contribution is -2.35. The molecule has 5 nitrogen and oxygen atoms in total. The smallest absolute Gasteiger partial charge is 0.288 e. The van der Waals surface area contributed by atoms with Gasteiger partial charge in [0.1, 0.15) is 12.0 Å². The molecule has 1 aliphatic rings. The third kappa shape index (κ3) is 3.23. The van der Waals surface area contributed by atoms with Gasteiger partial charge in [0.15, 0.2) is 0 Å². The number of hydrogen-bond donors (Lipinski definition) is 1. The van der Waals surface area contributed by atoms with Gasteiger partial charge in [-0.05, 0) is 34.2 Å². The summed E-state index contributed by atoms with van der Waals surface area (Å²) in [5.41, 5.74) is 0.00230. The van der Waals surface area contributed by atoms with E-state index in [1.54, 1.807) is 0 Å². The molecule has 1 fully saturated rings. The van der Waals surface area contributed by atoms with Gasteiger partial charge in [-0.1, -0.05) is 26.7 Å². The van der Waals surface area contributed by atoms with Crippen molar-refractivity contribution in [2.45, 2.75) is 39.2 Å². The zero-order chi connectivity index (χ0) is 14.0. The number of hydrogen-bond acceptors (Lipinski definition) is 4. The predicted octanol–water partition coefficient (Wildman–Crippen LogP) is 3.99. The Kier molecular flexibility index (Phi) is 4.39. The number of halogens is 1. The van der Waals surface area contributed by atoms with Gasteiger partial charge in [0.05, 0.1) is 9.40 Å². The number of nitro groups is 1. The van der Waals surface area contributed by atoms with Crippen molar-refractivity contribution in [1.29, 1.82) is 0 Å². The molecule has 1 aliphatic carbocycles. The van der Waals surface area contributed by atoms with Crippen LogP contribution in [0.2, 0.25) is 0 Å². The zero-order valence-corrected chi connectivity index (χ0v) is 12.7. The molecule has 0 aromatic carbocycles. The average molecular weight is 328 g/mol. The van der Waals surface area contributed by atoms with E-state index in [0.29, 0.717) is 28.2 Å². The molecule has 3 atom stereocenters. The lowest BCUT2D eigenvalue weighted by molar-refractivity contribution is -0.385. The molecule has 1 heterocycles. The van der Waals surface area contributed by atoms with Crippen LogP contribution in [0.4, 0.5) is 11.5 Å². The highest BCUT2D eigenvalue weighted by Crippen LogP contribution is 2.33. The SMILES string of the molecule is CC1CCCC(Nc2ncc([N+](=O)[O-])cc2Br)C1C. The fraction of sp³-hybridized carbons (Fsp3) is 0.615. The first kappa shape index (κ1) is 14.2. The van der Waals surface area contributed by atoms with Crippen LogP contribution < -0.4 is 5.32 Å². The van der Waals surface area contributed by atoms with Crippen molar-refractivity contribution in [2.75, 3.05) is 5.32 Å². The van der Waals surface area contributed by atoms with Crippen molar-refractivity contribution in [3.63, 3.8) is 0 Å². The highest BCUT2D eigenvalue weighted by atomic mass is 79.9. The lowest BCUT2D eigenvalue weighted by atomic mass is 9.78. The first-order chi connectivity index (χ1) is 8.99. The van der Waals surface area contributed by atoms with E-state index in [2.05, 4.69) is 40.1 Å². The Morgan fingerprint density at radius 3 is 2.84 bits per heavy atom. The Balaban J connectivity index is 2.12. The van der Waals surface area contributed by atoms with E-state index in [1.807, 2.05) is 0 Å². The first-order valence-electron chi connectivity index (χ1n) is 6.55. The van der Waals surface area contributed by atoms with E-state index in [-0.39, 0.29) is 5.69 Å². The predicted molar refractivity (Wildman–Crippen MR) is 78.2 cm³/mol. The maximum atomic E-state index is 10.7. The molecule has 1 aromatic rings. The van der Waals surface area contributed by atoms with Gasteiger partial charge in [0.25, 0.3) is 5.69 Å². The van der Waals surface area contributed by atoms with Crippen LogP contribution in [0.1, 0.15) is 33.1 Å². The van der Waals surface area contributed by atoms with E-state index in [0.717, 1.165) is 6.42 Å². The number of nitrogens with one attached hydrogen (secondary N) is 1. The highest BCUT2D eigenvalue weighted by molar-refractivity contribution is 9.10. The zero-order valence-electron chi connectivity index (χ0n) is 11.1. The summed E-state index contributed by atoms with van der Waals surface area (Å²) >= 11 is 3.35. The molecule has 104 valence electrons. The Morgan fingerprint density at radius 2 is 2.21 bits per heavy atom. The molecule has 1 aromatic heterocycles. The van der Waals surface area contributed by atoms with Gasteiger partial charge in [-0.25, -0.2) is 4.98 Å². The van der Waals surface area contributed by atoms with Crippen molar-refractivity contribution in [3.8, 4) is 0 Å². The normalized spacial score (nSPS) is 27.0. The van der Waals surface area contributed by atoms with Gasteiger partial charge < -0.3 is 5.32 Å². The summed E-state index contributed by atoms with van der Waals surface area (Å²) in [6, 6.07) is 1.88. The van der Waals surface area contributed by atoms with Crippen LogP contribution in [0, 0.1) is 22.0 Å². The Bertz CT molecular complexity index is 481. The monoisotopic (exact) mass is 327 g/mol. The number of nitrogens with zero attached hydrogens (tertiary/aromatic N) is 2. The van der Waals surface area contributed by atoms with Gasteiger partial charge >= 0.3 is 0 Å². The molecule has 1 saturated carbocycles. The average Bonchev–Trinajstić information content (AvgIpc) is 2.37. The van der Waals surface area contributed by atoms with E-state index in [9.17, 15) is 10.1 Å². The molecule has 0 radical (unpaired) electrons. The fourth-order valence-corrected chi connectivity index (χ4v) is 3.05. The van der Waals surface area contributed by atoms with Crippen LogP contribution in [0.25, 0.3) is 0 Å². The van der Waals surface area contributed by atoms with E-state index < -0.39 is 4.92 Å². The molecular formula is C13H18BrN3O2. The highest BCUT2D eigenvalue weighted by Gasteiger charge is 2.27. The molecule has 1 N–H and O–H groups in total. The second kappa shape index (κ2) is 5.86. The first-order valence-corrected chi connectivity index (χ1v) is 7.35. The minimum atomic E-state index is -0.438. The number of anilines is 1.